The Balaban J connectivity index is 1.35. The van der Waals surface area contributed by atoms with Gasteiger partial charge in [0.15, 0.2) is 5.69 Å². The second kappa shape index (κ2) is 8.87. The van der Waals surface area contributed by atoms with Crippen LogP contribution >= 0.6 is 0 Å². The molecule has 0 radical (unpaired) electrons. The van der Waals surface area contributed by atoms with Crippen molar-refractivity contribution < 1.29 is 4.79 Å². The number of hydrogen-bond acceptors (Lipinski definition) is 7. The summed E-state index contributed by atoms with van der Waals surface area (Å²) in [5.41, 5.74) is 4.61. The van der Waals surface area contributed by atoms with Crippen molar-refractivity contribution in [2.75, 3.05) is 55.8 Å². The third-order valence-corrected chi connectivity index (χ3v) is 5.97. The fraction of sp³-hybridized carbons (Fsp3) is 0.250. The van der Waals surface area contributed by atoms with E-state index in [-0.39, 0.29) is 5.91 Å². The molecule has 1 aliphatic heterocycles. The summed E-state index contributed by atoms with van der Waals surface area (Å²) in [6, 6.07) is 11.7. The maximum Gasteiger partial charge on any atom is 0.276 e. The van der Waals surface area contributed by atoms with Crippen LogP contribution in [0.4, 0.5) is 17.2 Å². The molecular formula is C24H26N8O. The molecule has 1 aliphatic rings. The van der Waals surface area contributed by atoms with Crippen molar-refractivity contribution in [1.82, 2.24) is 25.1 Å². The van der Waals surface area contributed by atoms with Crippen LogP contribution < -0.4 is 15.5 Å². The number of aromatic amines is 1. The number of hydrogen-bond donors (Lipinski definition) is 3. The van der Waals surface area contributed by atoms with E-state index in [1.165, 1.54) is 0 Å². The number of amides is 1. The van der Waals surface area contributed by atoms with Gasteiger partial charge in [0, 0.05) is 56.6 Å². The van der Waals surface area contributed by atoms with Crippen LogP contribution in [-0.4, -0.2) is 71.2 Å². The van der Waals surface area contributed by atoms with E-state index in [1.54, 1.807) is 18.6 Å². The van der Waals surface area contributed by atoms with Gasteiger partial charge in [-0.2, -0.15) is 5.10 Å². The molecule has 1 saturated heterocycles. The Bertz CT molecular complexity index is 1280. The van der Waals surface area contributed by atoms with Crippen molar-refractivity contribution in [2.24, 2.45) is 0 Å². The molecule has 3 N–H and O–H groups in total. The van der Waals surface area contributed by atoms with Crippen LogP contribution in [0.15, 0.2) is 55.0 Å². The van der Waals surface area contributed by atoms with Gasteiger partial charge in [-0.15, -0.1) is 0 Å². The second-order valence-corrected chi connectivity index (χ2v) is 8.19. The minimum Gasteiger partial charge on any atom is -0.387 e. The molecule has 5 rings (SSSR count). The number of H-pyrrole nitrogens is 1. The summed E-state index contributed by atoms with van der Waals surface area (Å²) in [6.07, 6.45) is 5.26. The Labute approximate surface area is 191 Å². The highest BCUT2D eigenvalue weighted by Gasteiger charge is 2.17. The molecule has 1 fully saturated rings. The van der Waals surface area contributed by atoms with E-state index in [9.17, 15) is 4.79 Å². The highest BCUT2D eigenvalue weighted by Crippen LogP contribution is 2.27. The first-order valence-electron chi connectivity index (χ1n) is 10.9. The van der Waals surface area contributed by atoms with E-state index in [1.807, 2.05) is 43.4 Å². The summed E-state index contributed by atoms with van der Waals surface area (Å²) in [7, 11) is 3.98. The number of rotatable bonds is 5. The Morgan fingerprint density at radius 1 is 0.970 bits per heavy atom. The molecule has 0 unspecified atom stereocenters. The van der Waals surface area contributed by atoms with Crippen LogP contribution in [0.2, 0.25) is 0 Å². The maximum absolute atomic E-state index is 13.0. The minimum atomic E-state index is -0.283. The highest BCUT2D eigenvalue weighted by atomic mass is 16.1. The molecule has 3 aromatic heterocycles. The molecule has 9 nitrogen and oxygen atoms in total. The lowest BCUT2D eigenvalue weighted by atomic mass is 10.0. The second-order valence-electron chi connectivity index (χ2n) is 8.19. The molecule has 1 amide bonds. The summed E-state index contributed by atoms with van der Waals surface area (Å²) in [5.74, 6) is 0.642. The quantitative estimate of drug-likeness (QED) is 0.437. The summed E-state index contributed by atoms with van der Waals surface area (Å²) in [5, 5.41) is 14.0. The number of carbonyl (C=O) groups excluding carboxylic acids is 1. The van der Waals surface area contributed by atoms with Gasteiger partial charge in [0.05, 0.1) is 23.1 Å². The lowest BCUT2D eigenvalue weighted by molar-refractivity contribution is 0.102. The summed E-state index contributed by atoms with van der Waals surface area (Å²) in [4.78, 5) is 26.4. The predicted molar refractivity (Wildman–Crippen MR) is 131 cm³/mol. The smallest absolute Gasteiger partial charge is 0.276 e. The third-order valence-electron chi connectivity index (χ3n) is 5.97. The highest BCUT2D eigenvalue weighted by molar-refractivity contribution is 6.11. The lowest BCUT2D eigenvalue weighted by Gasteiger charge is -2.33. The number of anilines is 3. The Morgan fingerprint density at radius 3 is 2.58 bits per heavy atom. The molecule has 0 atom stereocenters. The molecular weight excluding hydrogens is 416 g/mol. The minimum absolute atomic E-state index is 0.283. The summed E-state index contributed by atoms with van der Waals surface area (Å²) in [6.45, 7) is 3.93. The predicted octanol–water partition coefficient (Wildman–Crippen LogP) is 3.07. The van der Waals surface area contributed by atoms with Crippen LogP contribution in [0.1, 0.15) is 10.5 Å². The van der Waals surface area contributed by atoms with Gasteiger partial charge in [-0.25, -0.2) is 4.98 Å². The van der Waals surface area contributed by atoms with Gasteiger partial charge in [-0.05, 0) is 42.9 Å². The Kier molecular flexibility index (Phi) is 5.62. The van der Waals surface area contributed by atoms with Crippen LogP contribution in [-0.2, 0) is 0 Å². The molecule has 1 aromatic carbocycles. The van der Waals surface area contributed by atoms with Crippen molar-refractivity contribution in [3.63, 3.8) is 0 Å². The molecule has 168 valence electrons. The van der Waals surface area contributed by atoms with Gasteiger partial charge in [0.2, 0.25) is 0 Å². The number of pyridine rings is 2. The van der Waals surface area contributed by atoms with E-state index < -0.39 is 0 Å². The molecule has 9 heteroatoms. The zero-order chi connectivity index (χ0) is 22.8. The van der Waals surface area contributed by atoms with Gasteiger partial charge in [-0.1, -0.05) is 6.07 Å². The molecule has 4 aromatic rings. The van der Waals surface area contributed by atoms with Gasteiger partial charge < -0.3 is 20.4 Å². The van der Waals surface area contributed by atoms with E-state index in [4.69, 9.17) is 0 Å². The number of nitrogens with zero attached hydrogens (tertiary/aromatic N) is 5. The molecule has 33 heavy (non-hydrogen) atoms. The first kappa shape index (κ1) is 20.9. The van der Waals surface area contributed by atoms with Crippen LogP contribution in [0.3, 0.4) is 0 Å². The van der Waals surface area contributed by atoms with Crippen LogP contribution in [0, 0.1) is 0 Å². The normalized spacial score (nSPS) is 14.4. The fourth-order valence-electron chi connectivity index (χ4n) is 3.97. The Hall–Kier alpha value is -3.98. The van der Waals surface area contributed by atoms with E-state index in [0.29, 0.717) is 11.4 Å². The van der Waals surface area contributed by atoms with Crippen molar-refractivity contribution >= 4 is 34.0 Å². The Morgan fingerprint density at radius 2 is 1.82 bits per heavy atom. The molecule has 0 spiro atoms. The summed E-state index contributed by atoms with van der Waals surface area (Å²) >= 11 is 0. The molecule has 0 bridgehead atoms. The van der Waals surface area contributed by atoms with Crippen molar-refractivity contribution in [1.29, 1.82) is 0 Å². The standard InChI is InChI=1S/C24H26N8O/c1-25-19-11-17(13-26-14-19)16-3-5-21-20(12-16)23(30-29-21)24(33)28-18-4-6-22(27-15-18)32-9-7-31(2)8-10-32/h3-6,11-15,25H,7-10H2,1-2H3,(H,28,33)(H,29,30). The topological polar surface area (TPSA) is 102 Å². The largest absolute Gasteiger partial charge is 0.387 e. The fourth-order valence-corrected chi connectivity index (χ4v) is 3.97. The van der Waals surface area contributed by atoms with Crippen molar-refractivity contribution in [3.05, 3.63) is 60.7 Å². The van der Waals surface area contributed by atoms with Crippen molar-refractivity contribution in [2.45, 2.75) is 0 Å². The number of piperazine rings is 1. The number of carbonyl (C=O) groups is 1. The number of benzene rings is 1. The van der Waals surface area contributed by atoms with Crippen LogP contribution in [0.25, 0.3) is 22.0 Å². The van der Waals surface area contributed by atoms with Gasteiger partial charge >= 0.3 is 0 Å². The monoisotopic (exact) mass is 442 g/mol. The van der Waals surface area contributed by atoms with E-state index >= 15 is 0 Å². The van der Waals surface area contributed by atoms with Gasteiger partial charge in [0.25, 0.3) is 5.91 Å². The number of fused-ring (bicyclic) bond motifs is 1. The number of aromatic nitrogens is 4. The average molecular weight is 443 g/mol. The summed E-state index contributed by atoms with van der Waals surface area (Å²) < 4.78 is 0. The molecule has 4 heterocycles. The lowest BCUT2D eigenvalue weighted by Crippen LogP contribution is -2.44. The SMILES string of the molecule is CNc1cncc(-c2ccc3[nH]nc(C(=O)Nc4ccc(N5CCN(C)CC5)nc4)c3c2)c1. The van der Waals surface area contributed by atoms with Gasteiger partial charge in [0.1, 0.15) is 5.82 Å². The zero-order valence-electron chi connectivity index (χ0n) is 18.7. The first-order chi connectivity index (χ1) is 16.1. The number of likely N-dealkylation sites (N-methyl/N-ethyl adjacent to an activating group) is 1. The van der Waals surface area contributed by atoms with Gasteiger partial charge in [-0.3, -0.25) is 14.9 Å². The maximum atomic E-state index is 13.0. The molecule has 0 saturated carbocycles. The molecule has 0 aliphatic carbocycles. The average Bonchev–Trinajstić information content (AvgIpc) is 3.28. The third kappa shape index (κ3) is 4.35. The van der Waals surface area contributed by atoms with Crippen molar-refractivity contribution in [3.8, 4) is 11.1 Å². The first-order valence-corrected chi connectivity index (χ1v) is 10.9. The van der Waals surface area contributed by atoms with Crippen LogP contribution in [0.5, 0.6) is 0 Å². The van der Waals surface area contributed by atoms with E-state index in [0.717, 1.165) is 59.7 Å². The van der Waals surface area contributed by atoms with E-state index in [2.05, 4.69) is 47.6 Å². The zero-order valence-corrected chi connectivity index (χ0v) is 18.7. The number of nitrogens with one attached hydrogen (secondary N) is 3.